The van der Waals surface area contributed by atoms with Gasteiger partial charge in [0.1, 0.15) is 5.75 Å². The molecule has 1 saturated heterocycles. The van der Waals surface area contributed by atoms with Crippen LogP contribution >= 0.6 is 11.3 Å². The molecule has 1 fully saturated rings. The number of benzene rings is 2. The Hall–Kier alpha value is -2.63. The fourth-order valence-corrected chi connectivity index (χ4v) is 4.66. The Morgan fingerprint density at radius 2 is 1.76 bits per heavy atom. The average molecular weight is 407 g/mol. The van der Waals surface area contributed by atoms with Crippen molar-refractivity contribution in [1.82, 2.24) is 10.2 Å². The molecule has 4 rings (SSSR count). The lowest BCUT2D eigenvalue weighted by Gasteiger charge is -2.27. The maximum atomic E-state index is 12.5. The Bertz CT molecular complexity index is 906. The molecule has 0 bridgehead atoms. The fourth-order valence-electron chi connectivity index (χ4n) is 3.80. The van der Waals surface area contributed by atoms with Gasteiger partial charge in [0, 0.05) is 17.0 Å². The van der Waals surface area contributed by atoms with Crippen LogP contribution in [0.25, 0.3) is 11.1 Å². The van der Waals surface area contributed by atoms with Gasteiger partial charge in [0.05, 0.1) is 6.04 Å². The molecule has 1 aliphatic rings. The monoisotopic (exact) mass is 406 g/mol. The summed E-state index contributed by atoms with van der Waals surface area (Å²) in [6.07, 6.45) is 2.46. The van der Waals surface area contributed by atoms with Crippen molar-refractivity contribution in [3.63, 3.8) is 0 Å². The zero-order valence-corrected chi connectivity index (χ0v) is 17.2. The first-order valence-electron chi connectivity index (χ1n) is 10.1. The van der Waals surface area contributed by atoms with E-state index in [1.165, 1.54) is 17.7 Å². The maximum Gasteiger partial charge on any atom is 0.258 e. The van der Waals surface area contributed by atoms with Crippen molar-refractivity contribution in [2.24, 2.45) is 0 Å². The molecule has 1 atom stereocenters. The minimum Gasteiger partial charge on any atom is -0.483 e. The van der Waals surface area contributed by atoms with E-state index in [0.717, 1.165) is 30.0 Å². The van der Waals surface area contributed by atoms with E-state index in [1.807, 2.05) is 54.6 Å². The first-order valence-corrected chi connectivity index (χ1v) is 11.0. The molecule has 1 amide bonds. The number of ether oxygens (including phenoxy) is 1. The number of carbonyl (C=O) groups is 1. The molecule has 29 heavy (non-hydrogen) atoms. The van der Waals surface area contributed by atoms with Gasteiger partial charge in [0.2, 0.25) is 0 Å². The van der Waals surface area contributed by atoms with E-state index in [2.05, 4.69) is 27.7 Å². The Balaban J connectivity index is 1.36. The van der Waals surface area contributed by atoms with Crippen LogP contribution in [0.5, 0.6) is 5.75 Å². The molecule has 0 aliphatic carbocycles. The van der Waals surface area contributed by atoms with Crippen molar-refractivity contribution in [2.75, 3.05) is 26.2 Å². The topological polar surface area (TPSA) is 41.6 Å². The van der Waals surface area contributed by atoms with Gasteiger partial charge < -0.3 is 10.1 Å². The average Bonchev–Trinajstić information content (AvgIpc) is 3.48. The van der Waals surface area contributed by atoms with Gasteiger partial charge in [-0.3, -0.25) is 9.69 Å². The third-order valence-corrected chi connectivity index (χ3v) is 6.25. The standard InChI is InChI=1S/C24H26N2O2S/c27-24(25-17-21(23-13-8-16-29-23)26-14-6-7-15-26)18-28-22-12-5-4-11-20(22)19-9-2-1-3-10-19/h1-5,8-13,16,21H,6-7,14-15,17-18H2,(H,25,27). The molecular weight excluding hydrogens is 380 g/mol. The van der Waals surface area contributed by atoms with Crippen LogP contribution in [0, 0.1) is 0 Å². The highest BCUT2D eigenvalue weighted by molar-refractivity contribution is 7.10. The molecular formula is C24H26N2O2S. The van der Waals surface area contributed by atoms with Crippen molar-refractivity contribution in [3.05, 3.63) is 77.0 Å². The number of carbonyl (C=O) groups excluding carboxylic acids is 1. The predicted octanol–water partition coefficient (Wildman–Crippen LogP) is 4.75. The zero-order valence-electron chi connectivity index (χ0n) is 16.4. The number of thiophene rings is 1. The Kier molecular flexibility index (Phi) is 6.60. The van der Waals surface area contributed by atoms with Crippen LogP contribution < -0.4 is 10.1 Å². The number of hydrogen-bond acceptors (Lipinski definition) is 4. The number of hydrogen-bond donors (Lipinski definition) is 1. The van der Waals surface area contributed by atoms with Crippen LogP contribution in [0.1, 0.15) is 23.8 Å². The molecule has 1 N–H and O–H groups in total. The van der Waals surface area contributed by atoms with E-state index in [9.17, 15) is 4.79 Å². The number of para-hydroxylation sites is 1. The van der Waals surface area contributed by atoms with E-state index < -0.39 is 0 Å². The molecule has 1 aliphatic heterocycles. The number of likely N-dealkylation sites (tertiary alicyclic amines) is 1. The lowest BCUT2D eigenvalue weighted by atomic mass is 10.1. The molecule has 1 aromatic heterocycles. The molecule has 3 aromatic rings. The van der Waals surface area contributed by atoms with Gasteiger partial charge in [-0.25, -0.2) is 0 Å². The lowest BCUT2D eigenvalue weighted by molar-refractivity contribution is -0.123. The second-order valence-corrected chi connectivity index (χ2v) is 8.21. The van der Waals surface area contributed by atoms with Crippen LogP contribution in [-0.4, -0.2) is 37.0 Å². The summed E-state index contributed by atoms with van der Waals surface area (Å²) in [5.41, 5.74) is 2.07. The number of nitrogens with zero attached hydrogens (tertiary/aromatic N) is 1. The molecule has 1 unspecified atom stereocenters. The van der Waals surface area contributed by atoms with Crippen LogP contribution in [0.3, 0.4) is 0 Å². The van der Waals surface area contributed by atoms with Crippen molar-refractivity contribution >= 4 is 17.2 Å². The van der Waals surface area contributed by atoms with Gasteiger partial charge in [-0.05, 0) is 49.0 Å². The summed E-state index contributed by atoms with van der Waals surface area (Å²) in [4.78, 5) is 16.3. The third-order valence-electron chi connectivity index (χ3n) is 5.28. The molecule has 2 heterocycles. The van der Waals surface area contributed by atoms with Crippen molar-refractivity contribution in [2.45, 2.75) is 18.9 Å². The van der Waals surface area contributed by atoms with E-state index in [4.69, 9.17) is 4.74 Å². The predicted molar refractivity (Wildman–Crippen MR) is 118 cm³/mol. The van der Waals surface area contributed by atoms with Crippen LogP contribution in [0.2, 0.25) is 0 Å². The van der Waals surface area contributed by atoms with Gasteiger partial charge in [0.25, 0.3) is 5.91 Å². The van der Waals surface area contributed by atoms with Gasteiger partial charge in [-0.15, -0.1) is 11.3 Å². The van der Waals surface area contributed by atoms with Crippen LogP contribution in [0.4, 0.5) is 0 Å². The quantitative estimate of drug-likeness (QED) is 0.587. The molecule has 150 valence electrons. The van der Waals surface area contributed by atoms with Crippen LogP contribution in [0.15, 0.2) is 72.1 Å². The van der Waals surface area contributed by atoms with E-state index >= 15 is 0 Å². The van der Waals surface area contributed by atoms with Crippen molar-refractivity contribution in [1.29, 1.82) is 0 Å². The second kappa shape index (κ2) is 9.72. The van der Waals surface area contributed by atoms with E-state index in [0.29, 0.717) is 6.54 Å². The summed E-state index contributed by atoms with van der Waals surface area (Å²) in [6, 6.07) is 22.4. The highest BCUT2D eigenvalue weighted by atomic mass is 32.1. The minimum absolute atomic E-state index is 0.0149. The molecule has 0 saturated carbocycles. The largest absolute Gasteiger partial charge is 0.483 e. The smallest absolute Gasteiger partial charge is 0.258 e. The summed E-state index contributed by atoms with van der Waals surface area (Å²) >= 11 is 1.76. The normalized spacial score (nSPS) is 15.2. The van der Waals surface area contributed by atoms with Gasteiger partial charge >= 0.3 is 0 Å². The second-order valence-electron chi connectivity index (χ2n) is 7.23. The third kappa shape index (κ3) is 5.05. The lowest BCUT2D eigenvalue weighted by Crippen LogP contribution is -2.38. The van der Waals surface area contributed by atoms with E-state index in [1.54, 1.807) is 11.3 Å². The van der Waals surface area contributed by atoms with Crippen molar-refractivity contribution in [3.8, 4) is 16.9 Å². The Morgan fingerprint density at radius 1 is 1.00 bits per heavy atom. The number of rotatable bonds is 8. The highest BCUT2D eigenvalue weighted by Gasteiger charge is 2.24. The number of amides is 1. The maximum absolute atomic E-state index is 12.5. The first kappa shape index (κ1) is 19.7. The van der Waals surface area contributed by atoms with Gasteiger partial charge in [0.15, 0.2) is 6.61 Å². The van der Waals surface area contributed by atoms with Crippen molar-refractivity contribution < 1.29 is 9.53 Å². The Labute approximate surface area is 176 Å². The van der Waals surface area contributed by atoms with Gasteiger partial charge in [-0.1, -0.05) is 54.6 Å². The van der Waals surface area contributed by atoms with Crippen LogP contribution in [-0.2, 0) is 4.79 Å². The molecule has 0 spiro atoms. The first-order chi connectivity index (χ1) is 14.3. The Morgan fingerprint density at radius 3 is 2.52 bits per heavy atom. The zero-order chi connectivity index (χ0) is 19.9. The molecule has 2 aromatic carbocycles. The fraction of sp³-hybridized carbons (Fsp3) is 0.292. The minimum atomic E-state index is -0.0892. The summed E-state index contributed by atoms with van der Waals surface area (Å²) in [6.45, 7) is 2.82. The molecule has 5 heteroatoms. The van der Waals surface area contributed by atoms with Gasteiger partial charge in [-0.2, -0.15) is 0 Å². The summed E-state index contributed by atoms with van der Waals surface area (Å²) in [5, 5.41) is 5.18. The SMILES string of the molecule is O=C(COc1ccccc1-c1ccccc1)NCC(c1cccs1)N1CCCC1. The summed E-state index contributed by atoms with van der Waals surface area (Å²) < 4.78 is 5.88. The highest BCUT2D eigenvalue weighted by Crippen LogP contribution is 2.30. The number of nitrogens with one attached hydrogen (secondary N) is 1. The molecule has 4 nitrogen and oxygen atoms in total. The molecule has 0 radical (unpaired) electrons. The van der Waals surface area contributed by atoms with E-state index in [-0.39, 0.29) is 18.6 Å². The summed E-state index contributed by atoms with van der Waals surface area (Å²) in [5.74, 6) is 0.636. The summed E-state index contributed by atoms with van der Waals surface area (Å²) in [7, 11) is 0.